The molecule has 1 saturated heterocycles. The Morgan fingerprint density at radius 3 is 2.56 bits per heavy atom. The van der Waals surface area contributed by atoms with Gasteiger partial charge in [-0.25, -0.2) is 0 Å². The second-order valence-electron chi connectivity index (χ2n) is 7.40. The standard InChI is InChI=1S/C22H28ClN3O/c1-16-7-6-10-21(17(16)2)26-13-11-25(12-14-26)18(3)22(27)24-15-19-8-4-5-9-20(19)23/h4-10,18H,11-15H2,1-3H3,(H,24,27)/p+1/t18-/m0/s1. The van der Waals surface area contributed by atoms with Crippen LogP contribution in [-0.2, 0) is 11.3 Å². The summed E-state index contributed by atoms with van der Waals surface area (Å²) in [5.41, 5.74) is 4.96. The van der Waals surface area contributed by atoms with E-state index in [4.69, 9.17) is 11.6 Å². The predicted molar refractivity (Wildman–Crippen MR) is 112 cm³/mol. The minimum absolute atomic E-state index is 0.0618. The van der Waals surface area contributed by atoms with Gasteiger partial charge in [0.1, 0.15) is 0 Å². The average molecular weight is 387 g/mol. The van der Waals surface area contributed by atoms with Crippen molar-refractivity contribution < 1.29 is 9.69 Å². The molecule has 1 aliphatic heterocycles. The van der Waals surface area contributed by atoms with E-state index in [9.17, 15) is 4.79 Å². The number of halogens is 1. The third kappa shape index (κ3) is 4.63. The molecule has 2 N–H and O–H groups in total. The zero-order valence-corrected chi connectivity index (χ0v) is 17.1. The van der Waals surface area contributed by atoms with Crippen LogP contribution >= 0.6 is 11.6 Å². The van der Waals surface area contributed by atoms with Gasteiger partial charge < -0.3 is 15.1 Å². The number of carbonyl (C=O) groups excluding carboxylic acids is 1. The van der Waals surface area contributed by atoms with Crippen LogP contribution < -0.4 is 15.1 Å². The number of amides is 1. The van der Waals surface area contributed by atoms with Crippen LogP contribution in [0.5, 0.6) is 0 Å². The Bertz CT molecular complexity index is 800. The minimum Gasteiger partial charge on any atom is -0.360 e. The Hall–Kier alpha value is -2.04. The molecule has 1 fully saturated rings. The van der Waals surface area contributed by atoms with Gasteiger partial charge in [0.15, 0.2) is 6.04 Å². The Balaban J connectivity index is 1.53. The van der Waals surface area contributed by atoms with Crippen molar-refractivity contribution in [1.29, 1.82) is 0 Å². The number of nitrogens with zero attached hydrogens (tertiary/aromatic N) is 1. The van der Waals surface area contributed by atoms with Gasteiger partial charge >= 0.3 is 0 Å². The van der Waals surface area contributed by atoms with Crippen molar-refractivity contribution in [3.8, 4) is 0 Å². The van der Waals surface area contributed by atoms with Gasteiger partial charge in [-0.3, -0.25) is 4.79 Å². The van der Waals surface area contributed by atoms with Crippen LogP contribution in [0, 0.1) is 13.8 Å². The first-order valence-corrected chi connectivity index (χ1v) is 10.0. The maximum atomic E-state index is 12.6. The summed E-state index contributed by atoms with van der Waals surface area (Å²) in [5.74, 6) is 0.0881. The van der Waals surface area contributed by atoms with Gasteiger partial charge in [-0.15, -0.1) is 0 Å². The average Bonchev–Trinajstić information content (AvgIpc) is 2.69. The van der Waals surface area contributed by atoms with Crippen molar-refractivity contribution in [2.45, 2.75) is 33.4 Å². The Kier molecular flexibility index (Phi) is 6.40. The Morgan fingerprint density at radius 2 is 1.85 bits per heavy atom. The third-order valence-corrected chi connectivity index (χ3v) is 6.11. The summed E-state index contributed by atoms with van der Waals surface area (Å²) in [4.78, 5) is 16.4. The van der Waals surface area contributed by atoms with Crippen LogP contribution in [0.4, 0.5) is 5.69 Å². The van der Waals surface area contributed by atoms with E-state index < -0.39 is 0 Å². The lowest BCUT2D eigenvalue weighted by molar-refractivity contribution is -0.914. The Morgan fingerprint density at radius 1 is 1.15 bits per heavy atom. The molecule has 2 aromatic rings. The molecule has 1 atom stereocenters. The van der Waals surface area contributed by atoms with Crippen LogP contribution in [0.25, 0.3) is 0 Å². The van der Waals surface area contributed by atoms with Gasteiger partial charge in [0, 0.05) is 17.3 Å². The smallest absolute Gasteiger partial charge is 0.278 e. The monoisotopic (exact) mass is 386 g/mol. The lowest BCUT2D eigenvalue weighted by Gasteiger charge is -2.36. The van der Waals surface area contributed by atoms with Gasteiger partial charge in [0.05, 0.1) is 26.2 Å². The summed E-state index contributed by atoms with van der Waals surface area (Å²) < 4.78 is 0. The van der Waals surface area contributed by atoms with Crippen LogP contribution in [0.1, 0.15) is 23.6 Å². The lowest BCUT2D eigenvalue weighted by atomic mass is 10.1. The molecule has 5 heteroatoms. The highest BCUT2D eigenvalue weighted by Crippen LogP contribution is 2.22. The molecule has 4 nitrogen and oxygen atoms in total. The number of hydrogen-bond donors (Lipinski definition) is 2. The van der Waals surface area contributed by atoms with Gasteiger partial charge in [-0.05, 0) is 49.6 Å². The fourth-order valence-electron chi connectivity index (χ4n) is 3.71. The predicted octanol–water partition coefficient (Wildman–Crippen LogP) is 2.37. The number of benzene rings is 2. The van der Waals surface area contributed by atoms with E-state index in [0.717, 1.165) is 31.7 Å². The molecule has 2 aromatic carbocycles. The fraction of sp³-hybridized carbons (Fsp3) is 0.409. The molecule has 144 valence electrons. The van der Waals surface area contributed by atoms with Crippen molar-refractivity contribution in [2.75, 3.05) is 31.1 Å². The van der Waals surface area contributed by atoms with Crippen molar-refractivity contribution in [2.24, 2.45) is 0 Å². The summed E-state index contributed by atoms with van der Waals surface area (Å²) in [5, 5.41) is 3.73. The number of nitrogens with one attached hydrogen (secondary N) is 2. The normalized spacial score (nSPS) is 16.2. The van der Waals surface area contributed by atoms with Crippen molar-refractivity contribution in [3.05, 3.63) is 64.2 Å². The number of carbonyl (C=O) groups is 1. The molecule has 1 heterocycles. The quantitative estimate of drug-likeness (QED) is 0.827. The molecular formula is C22H29ClN3O+. The van der Waals surface area contributed by atoms with E-state index in [1.54, 1.807) is 0 Å². The number of quaternary nitrogens is 1. The number of hydrogen-bond acceptors (Lipinski definition) is 2. The summed E-state index contributed by atoms with van der Waals surface area (Å²) in [6.45, 7) is 10.7. The summed E-state index contributed by atoms with van der Waals surface area (Å²) >= 11 is 6.17. The molecule has 1 aliphatic rings. The Labute approximate surface area is 167 Å². The largest absolute Gasteiger partial charge is 0.360 e. The van der Waals surface area contributed by atoms with Crippen molar-refractivity contribution in [1.82, 2.24) is 5.32 Å². The molecule has 0 aromatic heterocycles. The molecule has 0 unspecified atom stereocenters. The molecule has 0 aliphatic carbocycles. The van der Waals surface area contributed by atoms with E-state index >= 15 is 0 Å². The van der Waals surface area contributed by atoms with E-state index in [-0.39, 0.29) is 11.9 Å². The number of anilines is 1. The molecule has 3 rings (SSSR count). The van der Waals surface area contributed by atoms with E-state index in [2.05, 4.69) is 42.3 Å². The summed E-state index contributed by atoms with van der Waals surface area (Å²) in [6, 6.07) is 14.1. The lowest BCUT2D eigenvalue weighted by Crippen LogP contribution is -3.19. The van der Waals surface area contributed by atoms with E-state index in [0.29, 0.717) is 11.6 Å². The van der Waals surface area contributed by atoms with Crippen LogP contribution in [0.15, 0.2) is 42.5 Å². The van der Waals surface area contributed by atoms with Gasteiger partial charge in [-0.1, -0.05) is 41.9 Å². The number of aryl methyl sites for hydroxylation is 1. The molecule has 0 bridgehead atoms. The van der Waals surface area contributed by atoms with Gasteiger partial charge in [0.25, 0.3) is 5.91 Å². The number of rotatable bonds is 5. The molecular weight excluding hydrogens is 358 g/mol. The third-order valence-electron chi connectivity index (χ3n) is 5.74. The van der Waals surface area contributed by atoms with Gasteiger partial charge in [-0.2, -0.15) is 0 Å². The first-order valence-electron chi connectivity index (χ1n) is 9.64. The molecule has 1 amide bonds. The summed E-state index contributed by atoms with van der Waals surface area (Å²) in [7, 11) is 0. The minimum atomic E-state index is -0.0618. The maximum absolute atomic E-state index is 12.6. The zero-order valence-electron chi connectivity index (χ0n) is 16.4. The van der Waals surface area contributed by atoms with Gasteiger partial charge in [0.2, 0.25) is 0 Å². The molecule has 0 radical (unpaired) electrons. The highest BCUT2D eigenvalue weighted by molar-refractivity contribution is 6.31. The van der Waals surface area contributed by atoms with Crippen molar-refractivity contribution in [3.63, 3.8) is 0 Å². The molecule has 0 spiro atoms. The second kappa shape index (κ2) is 8.77. The van der Waals surface area contributed by atoms with E-state index in [1.165, 1.54) is 21.7 Å². The zero-order chi connectivity index (χ0) is 19.4. The van der Waals surface area contributed by atoms with E-state index in [1.807, 2.05) is 31.2 Å². The van der Waals surface area contributed by atoms with Crippen LogP contribution in [0.3, 0.4) is 0 Å². The van der Waals surface area contributed by atoms with Crippen LogP contribution in [0.2, 0.25) is 5.02 Å². The summed E-state index contributed by atoms with van der Waals surface area (Å²) in [6.07, 6.45) is 0. The SMILES string of the molecule is Cc1cccc(N2CC[NH+]([C@@H](C)C(=O)NCc3ccccc3Cl)CC2)c1C. The number of piperazine rings is 1. The highest BCUT2D eigenvalue weighted by Gasteiger charge is 2.29. The highest BCUT2D eigenvalue weighted by atomic mass is 35.5. The first-order chi connectivity index (χ1) is 13.0. The molecule has 27 heavy (non-hydrogen) atoms. The van der Waals surface area contributed by atoms with Crippen molar-refractivity contribution >= 4 is 23.2 Å². The topological polar surface area (TPSA) is 36.8 Å². The molecule has 0 saturated carbocycles. The van der Waals surface area contributed by atoms with Crippen LogP contribution in [-0.4, -0.2) is 38.1 Å². The fourth-order valence-corrected chi connectivity index (χ4v) is 3.91. The maximum Gasteiger partial charge on any atom is 0.278 e. The second-order valence-corrected chi connectivity index (χ2v) is 7.80. The first kappa shape index (κ1) is 19.7.